The van der Waals surface area contributed by atoms with Crippen LogP contribution in [0, 0.1) is 5.41 Å². The molecule has 17 heavy (non-hydrogen) atoms. The molecule has 1 aliphatic carbocycles. The lowest BCUT2D eigenvalue weighted by molar-refractivity contribution is -0.133. The molecular weight excluding hydrogens is 220 g/mol. The predicted octanol–water partition coefficient (Wildman–Crippen LogP) is 0.0339. The Labute approximate surface area is 102 Å². The van der Waals surface area contributed by atoms with Gasteiger partial charge in [0.05, 0.1) is 24.7 Å². The third kappa shape index (κ3) is 2.46. The van der Waals surface area contributed by atoms with Gasteiger partial charge >= 0.3 is 0 Å². The Morgan fingerprint density at radius 1 is 1.59 bits per heavy atom. The summed E-state index contributed by atoms with van der Waals surface area (Å²) < 4.78 is 10.7. The highest BCUT2D eigenvalue weighted by molar-refractivity contribution is 5.84. The normalized spacial score (nSPS) is 41.0. The maximum atomic E-state index is 12.1. The summed E-state index contributed by atoms with van der Waals surface area (Å²) in [6.07, 6.45) is 2.13. The fourth-order valence-electron chi connectivity index (χ4n) is 2.33. The second-order valence-electron chi connectivity index (χ2n) is 5.26. The van der Waals surface area contributed by atoms with Crippen LogP contribution in [0.15, 0.2) is 0 Å². The Kier molecular flexibility index (Phi) is 3.70. The Hall–Kier alpha value is -0.650. The fraction of sp³-hybridized carbons (Fsp3) is 0.917. The first-order valence-electron chi connectivity index (χ1n) is 6.32. The van der Waals surface area contributed by atoms with Crippen LogP contribution in [-0.2, 0) is 14.3 Å². The maximum absolute atomic E-state index is 12.1. The van der Waals surface area contributed by atoms with E-state index in [1.807, 2.05) is 13.8 Å². The predicted molar refractivity (Wildman–Crippen MR) is 63.5 cm³/mol. The van der Waals surface area contributed by atoms with Crippen molar-refractivity contribution in [2.24, 2.45) is 11.1 Å². The molecule has 1 heterocycles. The van der Waals surface area contributed by atoms with Crippen LogP contribution in [0.1, 0.15) is 26.7 Å². The largest absolute Gasteiger partial charge is 0.379 e. The third-order valence-electron chi connectivity index (χ3n) is 3.87. The minimum atomic E-state index is -0.573. The van der Waals surface area contributed by atoms with Crippen molar-refractivity contribution in [1.29, 1.82) is 0 Å². The molecule has 0 aromatic heterocycles. The van der Waals surface area contributed by atoms with Crippen LogP contribution >= 0.6 is 0 Å². The van der Waals surface area contributed by atoms with Gasteiger partial charge in [0.15, 0.2) is 0 Å². The van der Waals surface area contributed by atoms with E-state index in [1.54, 1.807) is 0 Å². The highest BCUT2D eigenvalue weighted by atomic mass is 16.5. The first-order valence-corrected chi connectivity index (χ1v) is 6.32. The van der Waals surface area contributed by atoms with Crippen molar-refractivity contribution in [3.05, 3.63) is 0 Å². The smallest absolute Gasteiger partial charge is 0.230 e. The summed E-state index contributed by atoms with van der Waals surface area (Å²) in [6, 6.07) is 0.0361. The minimum absolute atomic E-state index is 0.0162. The molecule has 1 saturated heterocycles. The van der Waals surface area contributed by atoms with E-state index in [9.17, 15) is 4.79 Å². The van der Waals surface area contributed by atoms with E-state index in [0.717, 1.165) is 19.4 Å². The van der Waals surface area contributed by atoms with Gasteiger partial charge in [-0.1, -0.05) is 0 Å². The average molecular weight is 242 g/mol. The van der Waals surface area contributed by atoms with E-state index < -0.39 is 5.41 Å². The second-order valence-corrected chi connectivity index (χ2v) is 5.26. The van der Waals surface area contributed by atoms with Crippen molar-refractivity contribution in [3.8, 4) is 0 Å². The molecule has 2 unspecified atom stereocenters. The van der Waals surface area contributed by atoms with E-state index in [0.29, 0.717) is 19.3 Å². The van der Waals surface area contributed by atoms with Gasteiger partial charge in [0.1, 0.15) is 0 Å². The van der Waals surface area contributed by atoms with Crippen LogP contribution in [0.25, 0.3) is 0 Å². The van der Waals surface area contributed by atoms with Crippen molar-refractivity contribution in [3.63, 3.8) is 0 Å². The summed E-state index contributed by atoms with van der Waals surface area (Å²) in [5.41, 5.74) is 5.34. The standard InChI is InChI=1S/C12H22N2O3/c1-3-17-9-4-8(5-9)14-11(15)12(2)7-16-6-10(12)13/h8-10H,3-7,13H2,1-2H3,(H,14,15). The number of ether oxygens (including phenoxy) is 2. The first kappa shape index (κ1) is 12.8. The van der Waals surface area contributed by atoms with Crippen LogP contribution in [-0.4, -0.2) is 43.9 Å². The number of amides is 1. The van der Waals surface area contributed by atoms with Crippen LogP contribution in [0.4, 0.5) is 0 Å². The average Bonchev–Trinajstić information content (AvgIpc) is 2.57. The summed E-state index contributed by atoms with van der Waals surface area (Å²) in [4.78, 5) is 12.1. The van der Waals surface area contributed by atoms with E-state index in [2.05, 4.69) is 5.32 Å². The molecule has 2 rings (SSSR count). The molecule has 98 valence electrons. The molecule has 0 bridgehead atoms. The third-order valence-corrected chi connectivity index (χ3v) is 3.87. The first-order chi connectivity index (χ1) is 8.06. The quantitative estimate of drug-likeness (QED) is 0.729. The Bertz CT molecular complexity index is 291. The van der Waals surface area contributed by atoms with Crippen LogP contribution in [0.3, 0.4) is 0 Å². The van der Waals surface area contributed by atoms with Gasteiger partial charge in [0.2, 0.25) is 5.91 Å². The molecule has 2 atom stereocenters. The molecule has 2 aliphatic rings. The van der Waals surface area contributed by atoms with Gasteiger partial charge < -0.3 is 20.5 Å². The van der Waals surface area contributed by atoms with Crippen molar-refractivity contribution in [2.75, 3.05) is 19.8 Å². The molecule has 1 saturated carbocycles. The van der Waals surface area contributed by atoms with Crippen molar-refractivity contribution >= 4 is 5.91 Å². The molecule has 1 amide bonds. The zero-order chi connectivity index (χ0) is 12.5. The lowest BCUT2D eigenvalue weighted by atomic mass is 9.82. The Balaban J connectivity index is 1.79. The topological polar surface area (TPSA) is 73.6 Å². The molecule has 5 heteroatoms. The number of carbonyl (C=O) groups excluding carboxylic acids is 1. The summed E-state index contributed by atoms with van der Waals surface area (Å²) >= 11 is 0. The van der Waals surface area contributed by atoms with Gasteiger partial charge in [-0.15, -0.1) is 0 Å². The van der Waals surface area contributed by atoms with Gasteiger partial charge in [-0.3, -0.25) is 4.79 Å². The molecule has 2 fully saturated rings. The molecule has 0 radical (unpaired) electrons. The lowest BCUT2D eigenvalue weighted by Gasteiger charge is -2.37. The number of carbonyl (C=O) groups is 1. The van der Waals surface area contributed by atoms with Crippen molar-refractivity contribution in [2.45, 2.75) is 44.9 Å². The monoisotopic (exact) mass is 242 g/mol. The van der Waals surface area contributed by atoms with E-state index in [4.69, 9.17) is 15.2 Å². The number of rotatable bonds is 4. The fourth-order valence-corrected chi connectivity index (χ4v) is 2.33. The zero-order valence-electron chi connectivity index (χ0n) is 10.6. The van der Waals surface area contributed by atoms with Crippen LogP contribution in [0.5, 0.6) is 0 Å². The van der Waals surface area contributed by atoms with Crippen molar-refractivity contribution in [1.82, 2.24) is 5.32 Å². The molecule has 5 nitrogen and oxygen atoms in total. The van der Waals surface area contributed by atoms with E-state index >= 15 is 0 Å². The van der Waals surface area contributed by atoms with Gasteiger partial charge in [0, 0.05) is 18.7 Å². The van der Waals surface area contributed by atoms with Gasteiger partial charge in [-0.2, -0.15) is 0 Å². The van der Waals surface area contributed by atoms with Crippen molar-refractivity contribution < 1.29 is 14.3 Å². The zero-order valence-corrected chi connectivity index (χ0v) is 10.6. The minimum Gasteiger partial charge on any atom is -0.379 e. The molecule has 0 spiro atoms. The van der Waals surface area contributed by atoms with Crippen LogP contribution in [0.2, 0.25) is 0 Å². The number of hydrogen-bond acceptors (Lipinski definition) is 4. The van der Waals surface area contributed by atoms with E-state index in [1.165, 1.54) is 0 Å². The van der Waals surface area contributed by atoms with Crippen LogP contribution < -0.4 is 11.1 Å². The number of nitrogens with two attached hydrogens (primary N) is 1. The summed E-state index contributed by atoms with van der Waals surface area (Å²) in [5, 5.41) is 3.04. The summed E-state index contributed by atoms with van der Waals surface area (Å²) in [6.45, 7) is 5.49. The van der Waals surface area contributed by atoms with Gasteiger partial charge in [-0.25, -0.2) is 0 Å². The molecule has 3 N–H and O–H groups in total. The molecular formula is C12H22N2O3. The molecule has 1 aliphatic heterocycles. The number of hydrogen-bond donors (Lipinski definition) is 2. The Morgan fingerprint density at radius 3 is 2.82 bits per heavy atom. The Morgan fingerprint density at radius 2 is 2.29 bits per heavy atom. The van der Waals surface area contributed by atoms with Gasteiger partial charge in [-0.05, 0) is 26.7 Å². The highest BCUT2D eigenvalue weighted by Crippen LogP contribution is 2.29. The summed E-state index contributed by atoms with van der Waals surface area (Å²) in [7, 11) is 0. The maximum Gasteiger partial charge on any atom is 0.230 e. The van der Waals surface area contributed by atoms with Gasteiger partial charge in [0.25, 0.3) is 0 Å². The molecule has 0 aromatic rings. The second kappa shape index (κ2) is 4.92. The number of nitrogens with one attached hydrogen (secondary N) is 1. The highest BCUT2D eigenvalue weighted by Gasteiger charge is 2.45. The lowest BCUT2D eigenvalue weighted by Crippen LogP contribution is -2.56. The van der Waals surface area contributed by atoms with E-state index in [-0.39, 0.29) is 18.0 Å². The molecule has 0 aromatic carbocycles. The summed E-state index contributed by atoms with van der Waals surface area (Å²) in [5.74, 6) is 0.0162. The SMILES string of the molecule is CCOC1CC(NC(=O)C2(C)COCC2N)C1.